The van der Waals surface area contributed by atoms with Gasteiger partial charge < -0.3 is 4.74 Å². The number of nitrogens with zero attached hydrogens (tertiary/aromatic N) is 2. The van der Waals surface area contributed by atoms with Crippen LogP contribution in [0.1, 0.15) is 40.1 Å². The Kier molecular flexibility index (Phi) is 5.35. The highest BCUT2D eigenvalue weighted by Crippen LogP contribution is 2.21. The van der Waals surface area contributed by atoms with E-state index in [0.29, 0.717) is 6.61 Å². The Hall–Kier alpha value is -1.86. The van der Waals surface area contributed by atoms with Gasteiger partial charge in [0.15, 0.2) is 0 Å². The smallest absolute Gasteiger partial charge is 0.128 e. The average molecular weight is 300 g/mol. The minimum atomic E-state index is 0.590. The fraction of sp³-hybridized carbons (Fsp3) is 0.412. The standard InChI is InChI=1S/C17H20N2OS/c1-4-5-15-16(11-18)21-17(19-15)6-7-20-14-9-12(2)8-13(3)10-14/h8-10H,4-7H2,1-3H3. The summed E-state index contributed by atoms with van der Waals surface area (Å²) in [4.78, 5) is 5.30. The third kappa shape index (κ3) is 4.30. The molecule has 0 aliphatic heterocycles. The molecule has 0 N–H and O–H groups in total. The number of nitriles is 1. The van der Waals surface area contributed by atoms with Crippen LogP contribution in [0.5, 0.6) is 5.75 Å². The lowest BCUT2D eigenvalue weighted by Crippen LogP contribution is -2.01. The van der Waals surface area contributed by atoms with E-state index in [1.54, 1.807) is 0 Å². The van der Waals surface area contributed by atoms with E-state index in [0.717, 1.165) is 40.6 Å². The first-order valence-corrected chi connectivity index (χ1v) is 8.03. The second-order valence-corrected chi connectivity index (χ2v) is 6.25. The van der Waals surface area contributed by atoms with Gasteiger partial charge in [0, 0.05) is 6.42 Å². The fourth-order valence-corrected chi connectivity index (χ4v) is 3.16. The van der Waals surface area contributed by atoms with Gasteiger partial charge >= 0.3 is 0 Å². The van der Waals surface area contributed by atoms with Crippen molar-refractivity contribution in [3.8, 4) is 11.8 Å². The lowest BCUT2D eigenvalue weighted by Gasteiger charge is -2.07. The van der Waals surface area contributed by atoms with E-state index in [4.69, 9.17) is 10.00 Å². The molecule has 1 heterocycles. The van der Waals surface area contributed by atoms with E-state index >= 15 is 0 Å². The van der Waals surface area contributed by atoms with E-state index in [1.165, 1.54) is 22.5 Å². The molecule has 0 atom stereocenters. The van der Waals surface area contributed by atoms with Gasteiger partial charge in [0.25, 0.3) is 0 Å². The van der Waals surface area contributed by atoms with Crippen molar-refractivity contribution in [2.24, 2.45) is 0 Å². The molecule has 1 aromatic heterocycles. The summed E-state index contributed by atoms with van der Waals surface area (Å²) < 4.78 is 5.80. The van der Waals surface area contributed by atoms with Crippen molar-refractivity contribution in [2.75, 3.05) is 6.61 Å². The first kappa shape index (κ1) is 15.5. The lowest BCUT2D eigenvalue weighted by molar-refractivity contribution is 0.321. The van der Waals surface area contributed by atoms with Crippen LogP contribution < -0.4 is 4.74 Å². The molecule has 1 aromatic carbocycles. The van der Waals surface area contributed by atoms with Gasteiger partial charge in [-0.05, 0) is 43.5 Å². The first-order chi connectivity index (χ1) is 10.1. The van der Waals surface area contributed by atoms with Crippen molar-refractivity contribution in [1.82, 2.24) is 4.98 Å². The summed E-state index contributed by atoms with van der Waals surface area (Å²) in [5.74, 6) is 0.901. The molecular weight excluding hydrogens is 280 g/mol. The second kappa shape index (κ2) is 7.24. The topological polar surface area (TPSA) is 45.9 Å². The van der Waals surface area contributed by atoms with Gasteiger partial charge in [-0.15, -0.1) is 11.3 Å². The van der Waals surface area contributed by atoms with E-state index < -0.39 is 0 Å². The Labute approximate surface area is 130 Å². The quantitative estimate of drug-likeness (QED) is 0.803. The number of thiazole rings is 1. The third-order valence-electron chi connectivity index (χ3n) is 3.11. The Morgan fingerprint density at radius 2 is 1.90 bits per heavy atom. The van der Waals surface area contributed by atoms with Crippen molar-refractivity contribution in [3.63, 3.8) is 0 Å². The number of aryl methyl sites for hydroxylation is 3. The maximum atomic E-state index is 9.11. The van der Waals surface area contributed by atoms with E-state index in [2.05, 4.69) is 37.9 Å². The van der Waals surface area contributed by atoms with Crippen LogP contribution in [0.3, 0.4) is 0 Å². The second-order valence-electron chi connectivity index (χ2n) is 5.17. The number of hydrogen-bond donors (Lipinski definition) is 0. The predicted octanol–water partition coefficient (Wildman–Crippen LogP) is 4.21. The molecule has 0 fully saturated rings. The monoisotopic (exact) mass is 300 g/mol. The molecule has 0 saturated heterocycles. The summed E-state index contributed by atoms with van der Waals surface area (Å²) in [5, 5.41) is 10.1. The van der Waals surface area contributed by atoms with Gasteiger partial charge in [0.05, 0.1) is 17.3 Å². The first-order valence-electron chi connectivity index (χ1n) is 7.22. The van der Waals surface area contributed by atoms with Crippen LogP contribution >= 0.6 is 11.3 Å². The van der Waals surface area contributed by atoms with Crippen LogP contribution in [0, 0.1) is 25.2 Å². The molecule has 3 nitrogen and oxygen atoms in total. The van der Waals surface area contributed by atoms with Crippen molar-refractivity contribution >= 4 is 11.3 Å². The van der Waals surface area contributed by atoms with Gasteiger partial charge in [0.1, 0.15) is 16.7 Å². The van der Waals surface area contributed by atoms with Crippen LogP contribution in [0.2, 0.25) is 0 Å². The molecule has 0 spiro atoms. The molecular formula is C17H20N2OS. The predicted molar refractivity (Wildman–Crippen MR) is 85.9 cm³/mol. The summed E-state index contributed by atoms with van der Waals surface area (Å²) in [6.45, 7) is 6.82. The molecule has 0 unspecified atom stereocenters. The third-order valence-corrected chi connectivity index (χ3v) is 4.17. The Bertz CT molecular complexity index is 635. The Morgan fingerprint density at radius 1 is 1.19 bits per heavy atom. The minimum Gasteiger partial charge on any atom is -0.493 e. The average Bonchev–Trinajstić information content (AvgIpc) is 2.80. The summed E-state index contributed by atoms with van der Waals surface area (Å²) in [6.07, 6.45) is 2.63. The molecule has 21 heavy (non-hydrogen) atoms. The van der Waals surface area contributed by atoms with Gasteiger partial charge in [0.2, 0.25) is 0 Å². The minimum absolute atomic E-state index is 0.590. The van der Waals surface area contributed by atoms with Crippen molar-refractivity contribution in [1.29, 1.82) is 5.26 Å². The molecule has 0 radical (unpaired) electrons. The summed E-state index contributed by atoms with van der Waals surface area (Å²) >= 11 is 1.49. The normalized spacial score (nSPS) is 10.4. The number of benzene rings is 1. The number of rotatable bonds is 6. The Morgan fingerprint density at radius 3 is 2.52 bits per heavy atom. The summed E-state index contributed by atoms with van der Waals surface area (Å²) in [7, 11) is 0. The molecule has 0 amide bonds. The highest BCUT2D eigenvalue weighted by Gasteiger charge is 2.10. The Balaban J connectivity index is 1.95. The van der Waals surface area contributed by atoms with Gasteiger partial charge in [-0.2, -0.15) is 5.26 Å². The van der Waals surface area contributed by atoms with E-state index in [9.17, 15) is 0 Å². The molecule has 2 aromatic rings. The highest BCUT2D eigenvalue weighted by molar-refractivity contribution is 7.12. The molecule has 0 aliphatic rings. The maximum absolute atomic E-state index is 9.11. The zero-order valence-corrected chi connectivity index (χ0v) is 13.6. The summed E-state index contributed by atoms with van der Waals surface area (Å²) in [5.41, 5.74) is 3.35. The van der Waals surface area contributed by atoms with E-state index in [1.807, 2.05) is 12.1 Å². The van der Waals surface area contributed by atoms with Crippen LogP contribution in [-0.4, -0.2) is 11.6 Å². The van der Waals surface area contributed by atoms with Gasteiger partial charge in [-0.1, -0.05) is 19.4 Å². The molecule has 110 valence electrons. The van der Waals surface area contributed by atoms with Crippen LogP contribution in [0.15, 0.2) is 18.2 Å². The maximum Gasteiger partial charge on any atom is 0.128 e. The number of aromatic nitrogens is 1. The zero-order chi connectivity index (χ0) is 15.2. The fourth-order valence-electron chi connectivity index (χ4n) is 2.27. The molecule has 0 bridgehead atoms. The van der Waals surface area contributed by atoms with Crippen LogP contribution in [-0.2, 0) is 12.8 Å². The van der Waals surface area contributed by atoms with Gasteiger partial charge in [-0.25, -0.2) is 4.98 Å². The largest absolute Gasteiger partial charge is 0.493 e. The van der Waals surface area contributed by atoms with Crippen LogP contribution in [0.25, 0.3) is 0 Å². The molecule has 0 aliphatic carbocycles. The molecule has 4 heteroatoms. The van der Waals surface area contributed by atoms with Crippen LogP contribution in [0.4, 0.5) is 0 Å². The van der Waals surface area contributed by atoms with E-state index in [-0.39, 0.29) is 0 Å². The lowest BCUT2D eigenvalue weighted by atomic mass is 10.1. The SMILES string of the molecule is CCCc1nc(CCOc2cc(C)cc(C)c2)sc1C#N. The number of ether oxygens (including phenoxy) is 1. The van der Waals surface area contributed by atoms with Crippen molar-refractivity contribution in [2.45, 2.75) is 40.0 Å². The molecule has 2 rings (SSSR count). The zero-order valence-electron chi connectivity index (χ0n) is 12.8. The van der Waals surface area contributed by atoms with Crippen molar-refractivity contribution < 1.29 is 4.74 Å². The summed E-state index contributed by atoms with van der Waals surface area (Å²) in [6, 6.07) is 8.45. The van der Waals surface area contributed by atoms with Gasteiger partial charge in [-0.3, -0.25) is 0 Å². The van der Waals surface area contributed by atoms with Crippen molar-refractivity contribution in [3.05, 3.63) is 44.9 Å². The molecule has 0 saturated carbocycles. The highest BCUT2D eigenvalue weighted by atomic mass is 32.1. The number of hydrogen-bond acceptors (Lipinski definition) is 4.